The number of pyridine rings is 1. The van der Waals surface area contributed by atoms with Crippen molar-refractivity contribution in [2.45, 2.75) is 32.7 Å². The molecule has 1 heterocycles. The van der Waals surface area contributed by atoms with Crippen molar-refractivity contribution < 1.29 is 27.9 Å². The van der Waals surface area contributed by atoms with Crippen molar-refractivity contribution in [2.75, 3.05) is 12.3 Å². The summed E-state index contributed by atoms with van der Waals surface area (Å²) in [6.07, 6.45) is 0.523. The van der Waals surface area contributed by atoms with Crippen LogP contribution >= 0.6 is 0 Å². The van der Waals surface area contributed by atoms with Crippen molar-refractivity contribution in [1.82, 2.24) is 9.88 Å². The Labute approximate surface area is 205 Å². The molecule has 0 aliphatic rings. The molecule has 3 rings (SSSR count). The first-order valence-electron chi connectivity index (χ1n) is 11.3. The van der Waals surface area contributed by atoms with Crippen molar-refractivity contribution in [2.24, 2.45) is 5.92 Å². The van der Waals surface area contributed by atoms with E-state index >= 15 is 8.78 Å². The molecule has 2 aromatic carbocycles. The first-order chi connectivity index (χ1) is 17.0. The highest BCUT2D eigenvalue weighted by molar-refractivity contribution is 6.11. The van der Waals surface area contributed by atoms with Crippen molar-refractivity contribution in [3.8, 4) is 5.69 Å². The predicted molar refractivity (Wildman–Crippen MR) is 129 cm³/mol. The number of carbonyl (C=O) groups excluding carboxylic acids is 1. The van der Waals surface area contributed by atoms with E-state index in [1.54, 1.807) is 0 Å². The van der Waals surface area contributed by atoms with Crippen LogP contribution in [0.2, 0.25) is 0 Å². The van der Waals surface area contributed by atoms with Crippen LogP contribution in [0.25, 0.3) is 5.69 Å². The largest absolute Gasteiger partial charge is 0.480 e. The summed E-state index contributed by atoms with van der Waals surface area (Å²) in [5.41, 5.74) is 4.55. The van der Waals surface area contributed by atoms with Gasteiger partial charge in [-0.2, -0.15) is 0 Å². The van der Waals surface area contributed by atoms with Gasteiger partial charge in [0.15, 0.2) is 17.4 Å². The minimum absolute atomic E-state index is 0.0780. The number of aliphatic carboxylic acids is 1. The number of halogens is 3. The average molecular weight is 502 g/mol. The summed E-state index contributed by atoms with van der Waals surface area (Å²) in [6.45, 7) is 3.93. The van der Waals surface area contributed by atoms with Crippen molar-refractivity contribution in [3.63, 3.8) is 0 Å². The third-order valence-electron chi connectivity index (χ3n) is 5.59. The molecule has 190 valence electrons. The number of carboxylic acids is 1. The normalized spacial score (nSPS) is 12.1. The standard InChI is InChI=1S/C26H26F3N3O4/c1-14(2)11-21(26(35)36)31-10-9-15-12-19(28)23(20(29)13-15)32-22(33)8-7-18(25(32)30)24(34)16-3-5-17(27)6-4-16/h3-8,12-14,21,31H,9-11,30H2,1-2H3,(H,35,36)/t21-/m1/s1. The zero-order chi connectivity index (χ0) is 26.6. The lowest BCUT2D eigenvalue weighted by atomic mass is 10.0. The van der Waals surface area contributed by atoms with E-state index in [1.165, 1.54) is 12.1 Å². The van der Waals surface area contributed by atoms with E-state index in [0.29, 0.717) is 11.0 Å². The molecule has 0 saturated heterocycles. The molecule has 1 atom stereocenters. The zero-order valence-electron chi connectivity index (χ0n) is 19.7. The minimum atomic E-state index is -1.08. The summed E-state index contributed by atoms with van der Waals surface area (Å²) in [6, 6.07) is 7.98. The van der Waals surface area contributed by atoms with Crippen LogP contribution in [0.15, 0.2) is 53.3 Å². The van der Waals surface area contributed by atoms with Gasteiger partial charge in [-0.05, 0) is 73.3 Å². The second-order valence-electron chi connectivity index (χ2n) is 8.77. The molecule has 0 bridgehead atoms. The van der Waals surface area contributed by atoms with Gasteiger partial charge in [-0.25, -0.2) is 13.2 Å². The lowest BCUT2D eigenvalue weighted by Crippen LogP contribution is -2.38. The highest BCUT2D eigenvalue weighted by Gasteiger charge is 2.22. The van der Waals surface area contributed by atoms with Crippen LogP contribution in [-0.4, -0.2) is 34.0 Å². The monoisotopic (exact) mass is 501 g/mol. The first-order valence-corrected chi connectivity index (χ1v) is 11.3. The van der Waals surface area contributed by atoms with Gasteiger partial charge in [0.05, 0.1) is 5.56 Å². The molecule has 1 aromatic heterocycles. The molecule has 0 spiro atoms. The number of aromatic nitrogens is 1. The molecule has 0 fully saturated rings. The minimum Gasteiger partial charge on any atom is -0.480 e. The van der Waals surface area contributed by atoms with Gasteiger partial charge in [-0.1, -0.05) is 13.8 Å². The summed E-state index contributed by atoms with van der Waals surface area (Å²) in [7, 11) is 0. The van der Waals surface area contributed by atoms with Crippen molar-refractivity contribution >= 4 is 17.6 Å². The Kier molecular flexibility index (Phi) is 8.31. The number of anilines is 1. The maximum absolute atomic E-state index is 15.0. The molecule has 0 radical (unpaired) electrons. The van der Waals surface area contributed by atoms with E-state index in [9.17, 15) is 23.9 Å². The van der Waals surface area contributed by atoms with Gasteiger partial charge in [0, 0.05) is 11.6 Å². The van der Waals surface area contributed by atoms with E-state index in [2.05, 4.69) is 5.32 Å². The summed E-state index contributed by atoms with van der Waals surface area (Å²) in [4.78, 5) is 36.7. The smallest absolute Gasteiger partial charge is 0.320 e. The van der Waals surface area contributed by atoms with Crippen LogP contribution < -0.4 is 16.6 Å². The zero-order valence-corrected chi connectivity index (χ0v) is 19.7. The van der Waals surface area contributed by atoms with Gasteiger partial charge in [-0.15, -0.1) is 0 Å². The molecule has 0 aliphatic carbocycles. The van der Waals surface area contributed by atoms with E-state index in [4.69, 9.17) is 5.73 Å². The number of nitrogen functional groups attached to an aromatic ring is 1. The number of carbonyl (C=O) groups is 2. The number of hydrogen-bond donors (Lipinski definition) is 3. The van der Waals surface area contributed by atoms with Crippen molar-refractivity contribution in [3.05, 3.63) is 93.0 Å². The Morgan fingerprint density at radius 1 is 1.03 bits per heavy atom. The SMILES string of the molecule is CC(C)C[C@@H](NCCc1cc(F)c(-n2c(N)c(C(=O)c3ccc(F)cc3)ccc2=O)c(F)c1)C(=O)O. The van der Waals surface area contributed by atoms with Gasteiger partial charge < -0.3 is 16.2 Å². The van der Waals surface area contributed by atoms with E-state index in [0.717, 1.165) is 36.4 Å². The molecular formula is C26H26F3N3O4. The third-order valence-corrected chi connectivity index (χ3v) is 5.59. The molecule has 4 N–H and O–H groups in total. The molecule has 0 saturated carbocycles. The summed E-state index contributed by atoms with van der Waals surface area (Å²) in [5, 5.41) is 12.2. The van der Waals surface area contributed by atoms with Gasteiger partial charge in [-0.3, -0.25) is 19.0 Å². The molecule has 7 nitrogen and oxygen atoms in total. The predicted octanol–water partition coefficient (Wildman–Crippen LogP) is 3.70. The van der Waals surface area contributed by atoms with Crippen LogP contribution in [-0.2, 0) is 11.2 Å². The summed E-state index contributed by atoms with van der Waals surface area (Å²) >= 11 is 0. The highest BCUT2D eigenvalue weighted by atomic mass is 19.1. The van der Waals surface area contributed by atoms with Crippen LogP contribution in [0, 0.1) is 23.4 Å². The number of ketones is 1. The van der Waals surface area contributed by atoms with Gasteiger partial charge in [0.25, 0.3) is 5.56 Å². The molecule has 0 aliphatic heterocycles. The summed E-state index contributed by atoms with van der Waals surface area (Å²) in [5.74, 6) is -4.71. The number of nitrogens with two attached hydrogens (primary N) is 1. The Morgan fingerprint density at radius 2 is 1.64 bits per heavy atom. The molecule has 3 aromatic rings. The van der Waals surface area contributed by atoms with E-state index in [-0.39, 0.29) is 35.6 Å². The van der Waals surface area contributed by atoms with E-state index < -0.39 is 52.3 Å². The van der Waals surface area contributed by atoms with Crippen LogP contribution in [0.4, 0.5) is 19.0 Å². The molecule has 36 heavy (non-hydrogen) atoms. The molecular weight excluding hydrogens is 475 g/mol. The number of nitrogens with one attached hydrogen (secondary N) is 1. The lowest BCUT2D eigenvalue weighted by Gasteiger charge is -2.17. The van der Waals surface area contributed by atoms with Gasteiger partial charge in [0.2, 0.25) is 0 Å². The number of rotatable bonds is 10. The number of carboxylic acid groups (broad SMARTS) is 1. The number of hydrogen-bond acceptors (Lipinski definition) is 5. The fourth-order valence-corrected chi connectivity index (χ4v) is 3.84. The second-order valence-corrected chi connectivity index (χ2v) is 8.77. The maximum atomic E-state index is 15.0. The lowest BCUT2D eigenvalue weighted by molar-refractivity contribution is -0.139. The quantitative estimate of drug-likeness (QED) is 0.365. The average Bonchev–Trinajstić information content (AvgIpc) is 2.80. The summed E-state index contributed by atoms with van der Waals surface area (Å²) < 4.78 is 43.9. The van der Waals surface area contributed by atoms with E-state index in [1.807, 2.05) is 13.8 Å². The topological polar surface area (TPSA) is 114 Å². The Hall–Kier alpha value is -3.92. The van der Waals surface area contributed by atoms with Crippen LogP contribution in [0.5, 0.6) is 0 Å². The highest BCUT2D eigenvalue weighted by Crippen LogP contribution is 2.24. The van der Waals surface area contributed by atoms with Gasteiger partial charge in [0.1, 0.15) is 23.4 Å². The fourth-order valence-electron chi connectivity index (χ4n) is 3.84. The second kappa shape index (κ2) is 11.2. The maximum Gasteiger partial charge on any atom is 0.320 e. The van der Waals surface area contributed by atoms with Crippen molar-refractivity contribution in [1.29, 1.82) is 0 Å². The number of nitrogens with zero attached hydrogens (tertiary/aromatic N) is 1. The van der Waals surface area contributed by atoms with Crippen LogP contribution in [0.1, 0.15) is 41.8 Å². The molecule has 0 amide bonds. The Bertz CT molecular complexity index is 1310. The molecule has 0 unspecified atom stereocenters. The molecule has 10 heteroatoms. The fraction of sp³-hybridized carbons (Fsp3) is 0.269. The van der Waals surface area contributed by atoms with Gasteiger partial charge >= 0.3 is 5.97 Å². The third kappa shape index (κ3) is 6.01. The Morgan fingerprint density at radius 3 is 2.19 bits per heavy atom. The van der Waals surface area contributed by atoms with Crippen LogP contribution in [0.3, 0.4) is 0 Å². The first kappa shape index (κ1) is 26.7. The Balaban J connectivity index is 1.90. The number of benzene rings is 2.